The molecule has 0 radical (unpaired) electrons. The summed E-state index contributed by atoms with van der Waals surface area (Å²) in [7, 11) is 0. The van der Waals surface area contributed by atoms with Gasteiger partial charge in [-0.3, -0.25) is 0 Å². The molecule has 25 heavy (non-hydrogen) atoms. The molecule has 0 saturated carbocycles. The van der Waals surface area contributed by atoms with Crippen molar-refractivity contribution in [2.24, 2.45) is 5.92 Å². The van der Waals surface area contributed by atoms with Gasteiger partial charge in [0.05, 0.1) is 12.2 Å². The summed E-state index contributed by atoms with van der Waals surface area (Å²) in [5.41, 5.74) is 3.60. The van der Waals surface area contributed by atoms with Gasteiger partial charge in [-0.2, -0.15) is 10.2 Å². The van der Waals surface area contributed by atoms with Crippen LogP contribution < -0.4 is 10.6 Å². The third kappa shape index (κ3) is 3.88. The lowest BCUT2D eigenvalue weighted by molar-refractivity contribution is 0.390. The van der Waals surface area contributed by atoms with Crippen molar-refractivity contribution in [3.63, 3.8) is 0 Å². The number of nitrogens with one attached hydrogen (secondary N) is 2. The number of fused-ring (bicyclic) bond motifs is 1. The molecule has 4 rings (SSSR count). The molecule has 1 aliphatic rings. The number of hydrogen-bond acceptors (Lipinski definition) is 5. The molecular weight excluding hydrogens is 314 g/mol. The van der Waals surface area contributed by atoms with Gasteiger partial charge in [0, 0.05) is 38.2 Å². The first-order valence-corrected chi connectivity index (χ1v) is 8.65. The monoisotopic (exact) mass is 337 g/mol. The van der Waals surface area contributed by atoms with Crippen LogP contribution in [0.5, 0.6) is 0 Å². The second kappa shape index (κ2) is 7.06. The van der Waals surface area contributed by atoms with Crippen molar-refractivity contribution in [2.45, 2.75) is 26.6 Å². The molecule has 2 aromatic heterocycles. The maximum Gasteiger partial charge on any atom is 0.137 e. The minimum atomic E-state index is 0.546. The van der Waals surface area contributed by atoms with Crippen molar-refractivity contribution in [3.8, 4) is 0 Å². The zero-order valence-electron chi connectivity index (χ0n) is 14.4. The van der Waals surface area contributed by atoms with Gasteiger partial charge in [0.15, 0.2) is 0 Å². The molecular formula is C18H23N7. The fourth-order valence-corrected chi connectivity index (χ4v) is 3.28. The largest absolute Gasteiger partial charge is 0.370 e. The van der Waals surface area contributed by atoms with Gasteiger partial charge in [0.1, 0.15) is 18.5 Å². The molecule has 2 N–H and O–H groups in total. The van der Waals surface area contributed by atoms with Crippen LogP contribution in [0, 0.1) is 12.8 Å². The molecule has 1 aromatic carbocycles. The maximum atomic E-state index is 4.53. The number of rotatable bonds is 6. The van der Waals surface area contributed by atoms with Crippen LogP contribution in [0.2, 0.25) is 0 Å². The smallest absolute Gasteiger partial charge is 0.137 e. The third-order valence-electron chi connectivity index (χ3n) is 4.47. The van der Waals surface area contributed by atoms with Gasteiger partial charge in [0.25, 0.3) is 0 Å². The van der Waals surface area contributed by atoms with Crippen LogP contribution >= 0.6 is 0 Å². The standard InChI is InChI=1S/C18H23N7/c1-14-5-18-21-9-17(11-25(18)23-14)8-19-7-15-3-2-4-16(6-15)10-24-13-20-12-22-24/h2-6,12-13,17,19,21H,7-11H2,1H3/t17-/m1/s1. The fourth-order valence-electron chi connectivity index (χ4n) is 3.28. The van der Waals surface area contributed by atoms with Gasteiger partial charge >= 0.3 is 0 Å². The Morgan fingerprint density at radius 2 is 2.20 bits per heavy atom. The lowest BCUT2D eigenvalue weighted by Crippen LogP contribution is -2.35. The molecule has 0 amide bonds. The molecule has 0 fully saturated rings. The van der Waals surface area contributed by atoms with Crippen molar-refractivity contribution < 1.29 is 0 Å². The Bertz CT molecular complexity index is 822. The second-order valence-electron chi connectivity index (χ2n) is 6.64. The predicted octanol–water partition coefficient (Wildman–Crippen LogP) is 1.66. The first-order valence-electron chi connectivity index (χ1n) is 8.65. The highest BCUT2D eigenvalue weighted by Gasteiger charge is 2.18. The van der Waals surface area contributed by atoms with Crippen molar-refractivity contribution in [2.75, 3.05) is 18.4 Å². The minimum Gasteiger partial charge on any atom is -0.370 e. The van der Waals surface area contributed by atoms with Gasteiger partial charge in [0.2, 0.25) is 0 Å². The molecule has 7 nitrogen and oxygen atoms in total. The Morgan fingerprint density at radius 1 is 1.28 bits per heavy atom. The van der Waals surface area contributed by atoms with E-state index in [9.17, 15) is 0 Å². The van der Waals surface area contributed by atoms with Gasteiger partial charge < -0.3 is 10.6 Å². The summed E-state index contributed by atoms with van der Waals surface area (Å²) in [6, 6.07) is 10.7. The van der Waals surface area contributed by atoms with Crippen LogP contribution in [0.1, 0.15) is 16.8 Å². The quantitative estimate of drug-likeness (QED) is 0.716. The van der Waals surface area contributed by atoms with Gasteiger partial charge in [-0.25, -0.2) is 14.3 Å². The normalized spacial score (nSPS) is 16.4. The first kappa shape index (κ1) is 15.8. The van der Waals surface area contributed by atoms with Crippen molar-refractivity contribution >= 4 is 5.82 Å². The molecule has 130 valence electrons. The lowest BCUT2D eigenvalue weighted by atomic mass is 10.1. The molecule has 3 aromatic rings. The van der Waals surface area contributed by atoms with E-state index in [1.54, 1.807) is 12.7 Å². The highest BCUT2D eigenvalue weighted by molar-refractivity contribution is 5.38. The second-order valence-corrected chi connectivity index (χ2v) is 6.64. The zero-order valence-corrected chi connectivity index (χ0v) is 14.4. The molecule has 0 unspecified atom stereocenters. The summed E-state index contributed by atoms with van der Waals surface area (Å²) >= 11 is 0. The highest BCUT2D eigenvalue weighted by atomic mass is 15.3. The average Bonchev–Trinajstić information content (AvgIpc) is 3.23. The van der Waals surface area contributed by atoms with E-state index in [0.717, 1.165) is 44.2 Å². The zero-order chi connectivity index (χ0) is 17.1. The number of anilines is 1. The molecule has 0 saturated heterocycles. The molecule has 1 aliphatic heterocycles. The molecule has 1 atom stereocenters. The summed E-state index contributed by atoms with van der Waals surface area (Å²) in [6.45, 7) is 6.58. The van der Waals surface area contributed by atoms with Crippen LogP contribution in [0.3, 0.4) is 0 Å². The summed E-state index contributed by atoms with van der Waals surface area (Å²) in [4.78, 5) is 3.99. The number of aromatic nitrogens is 5. The van der Waals surface area contributed by atoms with E-state index in [2.05, 4.69) is 60.8 Å². The maximum absolute atomic E-state index is 4.53. The minimum absolute atomic E-state index is 0.546. The molecule has 0 aliphatic carbocycles. The SMILES string of the molecule is Cc1cc2n(n1)C[C@H](CNCc1cccc(Cn3cncn3)c1)CN2. The molecule has 0 spiro atoms. The van der Waals surface area contributed by atoms with Gasteiger partial charge in [-0.05, 0) is 18.1 Å². The number of nitrogens with zero attached hydrogens (tertiary/aromatic N) is 5. The third-order valence-corrected chi connectivity index (χ3v) is 4.47. The fraction of sp³-hybridized carbons (Fsp3) is 0.389. The Kier molecular flexibility index (Phi) is 4.47. The van der Waals surface area contributed by atoms with Crippen LogP contribution in [0.25, 0.3) is 0 Å². The summed E-state index contributed by atoms with van der Waals surface area (Å²) in [5, 5.41) is 15.7. The Balaban J connectivity index is 1.29. The molecule has 3 heterocycles. The van der Waals surface area contributed by atoms with Crippen LogP contribution in [-0.2, 0) is 19.6 Å². The number of hydrogen-bond donors (Lipinski definition) is 2. The Hall–Kier alpha value is -2.67. The first-order chi connectivity index (χ1) is 12.3. The van der Waals surface area contributed by atoms with E-state index in [4.69, 9.17) is 0 Å². The average molecular weight is 337 g/mol. The van der Waals surface area contributed by atoms with Crippen LogP contribution in [-0.4, -0.2) is 37.6 Å². The van der Waals surface area contributed by atoms with Crippen LogP contribution in [0.4, 0.5) is 5.82 Å². The molecule has 7 heteroatoms. The van der Waals surface area contributed by atoms with E-state index in [0.29, 0.717) is 5.92 Å². The highest BCUT2D eigenvalue weighted by Crippen LogP contribution is 2.18. The van der Waals surface area contributed by atoms with Gasteiger partial charge in [-0.1, -0.05) is 24.3 Å². The van der Waals surface area contributed by atoms with Crippen molar-refractivity contribution in [1.82, 2.24) is 29.9 Å². The topological polar surface area (TPSA) is 72.6 Å². The van der Waals surface area contributed by atoms with E-state index >= 15 is 0 Å². The van der Waals surface area contributed by atoms with E-state index in [1.165, 1.54) is 11.1 Å². The Morgan fingerprint density at radius 3 is 3.08 bits per heavy atom. The predicted molar refractivity (Wildman–Crippen MR) is 96.2 cm³/mol. The van der Waals surface area contributed by atoms with E-state index < -0.39 is 0 Å². The number of benzene rings is 1. The summed E-state index contributed by atoms with van der Waals surface area (Å²) < 4.78 is 3.91. The Labute approximate surface area is 147 Å². The van der Waals surface area contributed by atoms with Crippen molar-refractivity contribution in [1.29, 1.82) is 0 Å². The molecule has 0 bridgehead atoms. The lowest BCUT2D eigenvalue weighted by Gasteiger charge is -2.25. The van der Waals surface area contributed by atoms with E-state index in [-0.39, 0.29) is 0 Å². The van der Waals surface area contributed by atoms with E-state index in [1.807, 2.05) is 11.6 Å². The van der Waals surface area contributed by atoms with Crippen molar-refractivity contribution in [3.05, 3.63) is 59.8 Å². The summed E-state index contributed by atoms with van der Waals surface area (Å²) in [6.07, 6.45) is 3.31. The van der Waals surface area contributed by atoms with Gasteiger partial charge in [-0.15, -0.1) is 0 Å². The number of aryl methyl sites for hydroxylation is 1. The summed E-state index contributed by atoms with van der Waals surface area (Å²) in [5.74, 6) is 1.68. The van der Waals surface area contributed by atoms with Crippen LogP contribution in [0.15, 0.2) is 43.0 Å².